The van der Waals surface area contributed by atoms with Crippen LogP contribution in [0.1, 0.15) is 32.3 Å². The maximum atomic E-state index is 6.27. The standard InChI is InChI=1S/C15H22Cl2N2/c1-11(2)18-9-13-6-4-8-19(13)10-12-5-3-7-14(16)15(12)17/h3,5,7,11,13,18H,4,6,8-10H2,1-2H3. The third-order valence-electron chi connectivity index (χ3n) is 3.67. The smallest absolute Gasteiger partial charge is 0.0637 e. The van der Waals surface area contributed by atoms with E-state index in [0.29, 0.717) is 22.1 Å². The van der Waals surface area contributed by atoms with Gasteiger partial charge in [-0.1, -0.05) is 49.2 Å². The molecule has 1 heterocycles. The number of likely N-dealkylation sites (tertiary alicyclic amines) is 1. The van der Waals surface area contributed by atoms with E-state index in [1.165, 1.54) is 12.8 Å². The van der Waals surface area contributed by atoms with Gasteiger partial charge in [-0.15, -0.1) is 0 Å². The summed E-state index contributed by atoms with van der Waals surface area (Å²) in [5, 5.41) is 4.88. The summed E-state index contributed by atoms with van der Waals surface area (Å²) < 4.78 is 0. The number of hydrogen-bond donors (Lipinski definition) is 1. The quantitative estimate of drug-likeness (QED) is 0.885. The minimum atomic E-state index is 0.539. The minimum absolute atomic E-state index is 0.539. The molecule has 0 bridgehead atoms. The molecule has 1 saturated heterocycles. The Kier molecular flexibility index (Phi) is 5.52. The lowest BCUT2D eigenvalue weighted by Gasteiger charge is -2.26. The lowest BCUT2D eigenvalue weighted by atomic mass is 10.1. The molecule has 19 heavy (non-hydrogen) atoms. The van der Waals surface area contributed by atoms with Crippen LogP contribution in [0.3, 0.4) is 0 Å². The maximum absolute atomic E-state index is 6.27. The Hall–Kier alpha value is -0.280. The molecule has 1 aromatic carbocycles. The van der Waals surface area contributed by atoms with Crippen molar-refractivity contribution in [3.63, 3.8) is 0 Å². The van der Waals surface area contributed by atoms with Crippen LogP contribution in [0.2, 0.25) is 10.0 Å². The highest BCUT2D eigenvalue weighted by atomic mass is 35.5. The zero-order valence-corrected chi connectivity index (χ0v) is 13.1. The fraction of sp³-hybridized carbons (Fsp3) is 0.600. The van der Waals surface area contributed by atoms with Gasteiger partial charge in [-0.3, -0.25) is 4.90 Å². The van der Waals surface area contributed by atoms with Gasteiger partial charge in [-0.2, -0.15) is 0 Å². The average Bonchev–Trinajstić information content (AvgIpc) is 2.80. The second-order valence-corrected chi connectivity index (χ2v) is 6.33. The molecule has 0 radical (unpaired) electrons. The molecule has 2 rings (SSSR count). The fourth-order valence-electron chi connectivity index (χ4n) is 2.60. The monoisotopic (exact) mass is 300 g/mol. The molecule has 1 N–H and O–H groups in total. The van der Waals surface area contributed by atoms with E-state index in [4.69, 9.17) is 23.2 Å². The van der Waals surface area contributed by atoms with Gasteiger partial charge in [0.05, 0.1) is 10.0 Å². The van der Waals surface area contributed by atoms with E-state index in [9.17, 15) is 0 Å². The van der Waals surface area contributed by atoms with Crippen molar-refractivity contribution in [2.45, 2.75) is 45.3 Å². The van der Waals surface area contributed by atoms with Gasteiger partial charge in [0.25, 0.3) is 0 Å². The number of nitrogens with one attached hydrogen (secondary N) is 1. The molecular weight excluding hydrogens is 279 g/mol. The Balaban J connectivity index is 1.99. The lowest BCUT2D eigenvalue weighted by Crippen LogP contribution is -2.39. The molecule has 0 amide bonds. The summed E-state index contributed by atoms with van der Waals surface area (Å²) in [6.07, 6.45) is 2.53. The summed E-state index contributed by atoms with van der Waals surface area (Å²) in [7, 11) is 0. The first kappa shape index (κ1) is 15.1. The second kappa shape index (κ2) is 6.94. The van der Waals surface area contributed by atoms with Gasteiger partial charge in [-0.25, -0.2) is 0 Å². The molecule has 1 fully saturated rings. The van der Waals surface area contributed by atoms with E-state index in [0.717, 1.165) is 25.2 Å². The van der Waals surface area contributed by atoms with E-state index in [1.807, 2.05) is 12.1 Å². The van der Waals surface area contributed by atoms with Crippen LogP contribution in [0.4, 0.5) is 0 Å². The highest BCUT2D eigenvalue weighted by Crippen LogP contribution is 2.28. The third kappa shape index (κ3) is 4.09. The van der Waals surface area contributed by atoms with Gasteiger partial charge < -0.3 is 5.32 Å². The molecule has 1 aromatic rings. The van der Waals surface area contributed by atoms with Crippen molar-refractivity contribution in [1.82, 2.24) is 10.2 Å². The lowest BCUT2D eigenvalue weighted by molar-refractivity contribution is 0.236. The molecular formula is C15H22Cl2N2. The molecule has 106 valence electrons. The molecule has 2 nitrogen and oxygen atoms in total. The van der Waals surface area contributed by atoms with Gasteiger partial charge in [0.15, 0.2) is 0 Å². The largest absolute Gasteiger partial charge is 0.313 e. The molecule has 0 aliphatic carbocycles. The van der Waals surface area contributed by atoms with Crippen LogP contribution in [0.25, 0.3) is 0 Å². The van der Waals surface area contributed by atoms with Crippen molar-refractivity contribution in [1.29, 1.82) is 0 Å². The molecule has 4 heteroatoms. The van der Waals surface area contributed by atoms with Gasteiger partial charge in [0, 0.05) is 25.2 Å². The van der Waals surface area contributed by atoms with Crippen molar-refractivity contribution in [2.75, 3.05) is 13.1 Å². The zero-order valence-electron chi connectivity index (χ0n) is 11.6. The summed E-state index contributed by atoms with van der Waals surface area (Å²) in [4.78, 5) is 2.51. The topological polar surface area (TPSA) is 15.3 Å². The van der Waals surface area contributed by atoms with Crippen molar-refractivity contribution in [3.8, 4) is 0 Å². The average molecular weight is 301 g/mol. The summed E-state index contributed by atoms with van der Waals surface area (Å²) in [6, 6.07) is 7.03. The van der Waals surface area contributed by atoms with E-state index in [1.54, 1.807) is 0 Å². The van der Waals surface area contributed by atoms with Gasteiger partial charge in [0.2, 0.25) is 0 Å². The van der Waals surface area contributed by atoms with Crippen LogP contribution < -0.4 is 5.32 Å². The van der Waals surface area contributed by atoms with Crippen LogP contribution in [0.15, 0.2) is 18.2 Å². The predicted octanol–water partition coefficient (Wildman–Crippen LogP) is 3.96. The Morgan fingerprint density at radius 3 is 2.89 bits per heavy atom. The van der Waals surface area contributed by atoms with E-state index in [2.05, 4.69) is 30.1 Å². The van der Waals surface area contributed by atoms with Crippen LogP contribution in [-0.4, -0.2) is 30.1 Å². The summed E-state index contributed by atoms with van der Waals surface area (Å²) >= 11 is 12.3. The van der Waals surface area contributed by atoms with Crippen molar-refractivity contribution in [2.24, 2.45) is 0 Å². The molecule has 1 atom stereocenters. The first-order valence-corrected chi connectivity index (χ1v) is 7.74. The summed E-state index contributed by atoms with van der Waals surface area (Å²) in [5.74, 6) is 0. The first-order chi connectivity index (χ1) is 9.08. The maximum Gasteiger partial charge on any atom is 0.0637 e. The van der Waals surface area contributed by atoms with Crippen LogP contribution in [-0.2, 0) is 6.54 Å². The molecule has 0 aromatic heterocycles. The number of rotatable bonds is 5. The molecule has 1 aliphatic heterocycles. The zero-order chi connectivity index (χ0) is 13.8. The highest BCUT2D eigenvalue weighted by Gasteiger charge is 2.25. The number of nitrogens with zero attached hydrogens (tertiary/aromatic N) is 1. The summed E-state index contributed by atoms with van der Waals surface area (Å²) in [6.45, 7) is 7.47. The van der Waals surface area contributed by atoms with Gasteiger partial charge in [-0.05, 0) is 31.0 Å². The SMILES string of the molecule is CC(C)NCC1CCCN1Cc1cccc(Cl)c1Cl. The Labute approximate surface area is 126 Å². The number of hydrogen-bond acceptors (Lipinski definition) is 2. The van der Waals surface area contributed by atoms with Crippen molar-refractivity contribution >= 4 is 23.2 Å². The minimum Gasteiger partial charge on any atom is -0.313 e. The van der Waals surface area contributed by atoms with Gasteiger partial charge in [0.1, 0.15) is 0 Å². The number of benzene rings is 1. The predicted molar refractivity (Wildman–Crippen MR) is 83.0 cm³/mol. The molecule has 1 aliphatic rings. The third-order valence-corrected chi connectivity index (χ3v) is 4.52. The van der Waals surface area contributed by atoms with E-state index in [-0.39, 0.29) is 0 Å². The van der Waals surface area contributed by atoms with Crippen LogP contribution in [0, 0.1) is 0 Å². The Morgan fingerprint density at radius 1 is 1.37 bits per heavy atom. The molecule has 0 spiro atoms. The highest BCUT2D eigenvalue weighted by molar-refractivity contribution is 6.42. The van der Waals surface area contributed by atoms with Crippen molar-refractivity contribution < 1.29 is 0 Å². The van der Waals surface area contributed by atoms with E-state index >= 15 is 0 Å². The van der Waals surface area contributed by atoms with E-state index < -0.39 is 0 Å². The van der Waals surface area contributed by atoms with Crippen molar-refractivity contribution in [3.05, 3.63) is 33.8 Å². The normalized spacial score (nSPS) is 20.4. The first-order valence-electron chi connectivity index (χ1n) is 6.98. The van der Waals surface area contributed by atoms with Crippen LogP contribution >= 0.6 is 23.2 Å². The second-order valence-electron chi connectivity index (χ2n) is 5.54. The Morgan fingerprint density at radius 2 is 2.16 bits per heavy atom. The summed E-state index contributed by atoms with van der Waals surface area (Å²) in [5.41, 5.74) is 1.13. The number of halogens is 2. The Bertz CT molecular complexity index is 421. The van der Waals surface area contributed by atoms with Crippen LogP contribution in [0.5, 0.6) is 0 Å². The fourth-order valence-corrected chi connectivity index (χ4v) is 2.98. The molecule has 0 saturated carbocycles. The van der Waals surface area contributed by atoms with Gasteiger partial charge >= 0.3 is 0 Å². The molecule has 1 unspecified atom stereocenters.